The number of esters is 1. The summed E-state index contributed by atoms with van der Waals surface area (Å²) in [6.45, 7) is 3.42. The lowest BCUT2D eigenvalue weighted by Crippen LogP contribution is -2.43. The number of para-hydroxylation sites is 1. The van der Waals surface area contributed by atoms with Crippen molar-refractivity contribution in [3.63, 3.8) is 0 Å². The van der Waals surface area contributed by atoms with Crippen molar-refractivity contribution < 1.29 is 19.1 Å². The van der Waals surface area contributed by atoms with Gasteiger partial charge in [-0.15, -0.1) is 0 Å². The third-order valence-electron chi connectivity index (χ3n) is 4.33. The van der Waals surface area contributed by atoms with Crippen molar-refractivity contribution in [1.29, 1.82) is 0 Å². The summed E-state index contributed by atoms with van der Waals surface area (Å²) in [4.78, 5) is 48.8. The van der Waals surface area contributed by atoms with E-state index < -0.39 is 29.6 Å². The van der Waals surface area contributed by atoms with Crippen LogP contribution in [0.15, 0.2) is 33.9 Å². The number of hydrogen-bond donors (Lipinski definition) is 1. The van der Waals surface area contributed by atoms with Crippen LogP contribution in [-0.4, -0.2) is 34.1 Å². The summed E-state index contributed by atoms with van der Waals surface area (Å²) in [6.07, 6.45) is 0.524. The van der Waals surface area contributed by atoms with Gasteiger partial charge in [-0.2, -0.15) is 0 Å². The number of nitrogens with zero attached hydrogens (tertiary/aromatic N) is 2. The predicted molar refractivity (Wildman–Crippen MR) is 107 cm³/mol. The maximum absolute atomic E-state index is 12.4. The summed E-state index contributed by atoms with van der Waals surface area (Å²) < 4.78 is 12.4. The Morgan fingerprint density at radius 2 is 1.86 bits per heavy atom. The highest BCUT2D eigenvalue weighted by Crippen LogP contribution is 2.16. The Morgan fingerprint density at radius 3 is 2.52 bits per heavy atom. The van der Waals surface area contributed by atoms with Gasteiger partial charge < -0.3 is 15.2 Å². The molecule has 2 aromatic rings. The zero-order valence-electron chi connectivity index (χ0n) is 16.8. The summed E-state index contributed by atoms with van der Waals surface area (Å²) in [5, 5.41) is 0. The van der Waals surface area contributed by atoms with Gasteiger partial charge in [0.05, 0.1) is 13.0 Å². The number of aryl methyl sites for hydroxylation is 1. The van der Waals surface area contributed by atoms with E-state index in [1.165, 1.54) is 7.05 Å². The molecule has 9 heteroatoms. The monoisotopic (exact) mass is 403 g/mol. The average molecular weight is 403 g/mol. The van der Waals surface area contributed by atoms with Crippen molar-refractivity contribution in [2.75, 3.05) is 18.9 Å². The number of rotatable bonds is 9. The SMILES string of the molecule is CCCn1c(N)c(C(=O)COC(=O)CCOc2ccccc2C)c(=O)n(C)c1=O. The number of hydrogen-bond acceptors (Lipinski definition) is 7. The summed E-state index contributed by atoms with van der Waals surface area (Å²) in [5.74, 6) is -0.972. The van der Waals surface area contributed by atoms with Gasteiger partial charge in [-0.05, 0) is 25.0 Å². The van der Waals surface area contributed by atoms with Crippen LogP contribution in [0.3, 0.4) is 0 Å². The first-order valence-corrected chi connectivity index (χ1v) is 9.24. The molecule has 2 rings (SSSR count). The number of Topliss-reactive ketones (excluding diaryl/α,β-unsaturated/α-hetero) is 1. The highest BCUT2D eigenvalue weighted by atomic mass is 16.5. The molecule has 0 spiro atoms. The molecular formula is C20H25N3O6. The second kappa shape index (κ2) is 9.72. The maximum atomic E-state index is 12.4. The molecule has 29 heavy (non-hydrogen) atoms. The number of ketones is 1. The molecular weight excluding hydrogens is 378 g/mol. The molecule has 0 atom stereocenters. The lowest BCUT2D eigenvalue weighted by atomic mass is 10.2. The Labute approximate surface area is 167 Å². The van der Waals surface area contributed by atoms with Crippen molar-refractivity contribution in [3.05, 3.63) is 56.2 Å². The molecule has 0 aliphatic heterocycles. The highest BCUT2D eigenvalue weighted by molar-refractivity contribution is 6.01. The number of carbonyl (C=O) groups is 2. The molecule has 1 aromatic heterocycles. The summed E-state index contributed by atoms with van der Waals surface area (Å²) in [7, 11) is 1.27. The van der Waals surface area contributed by atoms with Gasteiger partial charge in [0.1, 0.15) is 17.1 Å². The number of benzene rings is 1. The fourth-order valence-electron chi connectivity index (χ4n) is 2.74. The van der Waals surface area contributed by atoms with Crippen LogP contribution in [0.4, 0.5) is 5.82 Å². The molecule has 0 saturated heterocycles. The second-order valence-corrected chi connectivity index (χ2v) is 6.51. The Morgan fingerprint density at radius 1 is 1.17 bits per heavy atom. The van der Waals surface area contributed by atoms with E-state index in [1.54, 1.807) is 6.07 Å². The van der Waals surface area contributed by atoms with Crippen molar-refractivity contribution in [2.45, 2.75) is 33.2 Å². The lowest BCUT2D eigenvalue weighted by Gasteiger charge is -2.14. The zero-order valence-corrected chi connectivity index (χ0v) is 16.8. The van der Waals surface area contributed by atoms with Gasteiger partial charge >= 0.3 is 11.7 Å². The fourth-order valence-corrected chi connectivity index (χ4v) is 2.74. The number of anilines is 1. The molecule has 0 aliphatic carbocycles. The van der Waals surface area contributed by atoms with E-state index in [9.17, 15) is 19.2 Å². The van der Waals surface area contributed by atoms with E-state index in [-0.39, 0.29) is 31.0 Å². The quantitative estimate of drug-likeness (QED) is 0.490. The number of nitrogen functional groups attached to an aromatic ring is 1. The van der Waals surface area contributed by atoms with Crippen LogP contribution in [0.1, 0.15) is 35.7 Å². The largest absolute Gasteiger partial charge is 0.493 e. The highest BCUT2D eigenvalue weighted by Gasteiger charge is 2.22. The molecule has 0 bridgehead atoms. The van der Waals surface area contributed by atoms with Crippen molar-refractivity contribution in [1.82, 2.24) is 9.13 Å². The van der Waals surface area contributed by atoms with Gasteiger partial charge in [-0.25, -0.2) is 4.79 Å². The number of nitrogens with two attached hydrogens (primary N) is 1. The predicted octanol–water partition coefficient (Wildman–Crippen LogP) is 1.04. The van der Waals surface area contributed by atoms with Crippen LogP contribution in [0.5, 0.6) is 5.75 Å². The third-order valence-corrected chi connectivity index (χ3v) is 4.33. The van der Waals surface area contributed by atoms with E-state index in [1.807, 2.05) is 32.0 Å². The van der Waals surface area contributed by atoms with Crippen LogP contribution in [0, 0.1) is 6.92 Å². The molecule has 0 radical (unpaired) electrons. The van der Waals surface area contributed by atoms with Gasteiger partial charge in [0.25, 0.3) is 5.56 Å². The van der Waals surface area contributed by atoms with Crippen LogP contribution in [0.2, 0.25) is 0 Å². The van der Waals surface area contributed by atoms with E-state index in [0.29, 0.717) is 12.2 Å². The minimum atomic E-state index is -0.816. The van der Waals surface area contributed by atoms with Gasteiger partial charge in [0.2, 0.25) is 5.78 Å². The number of aromatic nitrogens is 2. The molecule has 0 unspecified atom stereocenters. The van der Waals surface area contributed by atoms with Crippen LogP contribution < -0.4 is 21.7 Å². The topological polar surface area (TPSA) is 123 Å². The molecule has 0 saturated carbocycles. The Balaban J connectivity index is 2.00. The third kappa shape index (κ3) is 5.13. The van der Waals surface area contributed by atoms with Gasteiger partial charge in [0.15, 0.2) is 6.61 Å². The summed E-state index contributed by atoms with van der Waals surface area (Å²) in [5.41, 5.74) is 5.04. The molecule has 1 aromatic carbocycles. The Kier molecular flexibility index (Phi) is 7.35. The van der Waals surface area contributed by atoms with Crippen molar-refractivity contribution >= 4 is 17.6 Å². The van der Waals surface area contributed by atoms with E-state index >= 15 is 0 Å². The average Bonchev–Trinajstić information content (AvgIpc) is 2.69. The minimum Gasteiger partial charge on any atom is -0.493 e. The van der Waals surface area contributed by atoms with Crippen LogP contribution in [-0.2, 0) is 23.1 Å². The second-order valence-electron chi connectivity index (χ2n) is 6.51. The van der Waals surface area contributed by atoms with Gasteiger partial charge in [-0.3, -0.25) is 23.5 Å². The van der Waals surface area contributed by atoms with Gasteiger partial charge in [0, 0.05) is 13.6 Å². The molecule has 0 amide bonds. The molecule has 1 heterocycles. The first-order chi connectivity index (χ1) is 13.8. The fraction of sp³-hybridized carbons (Fsp3) is 0.400. The number of carbonyl (C=O) groups excluding carboxylic acids is 2. The first-order valence-electron chi connectivity index (χ1n) is 9.24. The maximum Gasteiger partial charge on any atom is 0.332 e. The van der Waals surface area contributed by atoms with E-state index in [2.05, 4.69) is 0 Å². The molecule has 2 N–H and O–H groups in total. The van der Waals surface area contributed by atoms with Crippen molar-refractivity contribution in [3.8, 4) is 5.75 Å². The molecule has 156 valence electrons. The van der Waals surface area contributed by atoms with Crippen LogP contribution >= 0.6 is 0 Å². The molecule has 0 fully saturated rings. The van der Waals surface area contributed by atoms with Gasteiger partial charge in [-0.1, -0.05) is 25.1 Å². The zero-order chi connectivity index (χ0) is 21.6. The van der Waals surface area contributed by atoms with E-state index in [0.717, 1.165) is 14.7 Å². The number of ether oxygens (including phenoxy) is 2. The lowest BCUT2D eigenvalue weighted by molar-refractivity contribution is -0.143. The van der Waals surface area contributed by atoms with E-state index in [4.69, 9.17) is 15.2 Å². The first kappa shape index (κ1) is 21.9. The summed E-state index contributed by atoms with van der Waals surface area (Å²) >= 11 is 0. The smallest absolute Gasteiger partial charge is 0.332 e. The van der Waals surface area contributed by atoms with Crippen molar-refractivity contribution in [2.24, 2.45) is 7.05 Å². The Bertz CT molecular complexity index is 1020. The minimum absolute atomic E-state index is 0.0650. The Hall–Kier alpha value is -3.36. The molecule has 9 nitrogen and oxygen atoms in total. The summed E-state index contributed by atoms with van der Waals surface area (Å²) in [6, 6.07) is 7.37. The molecule has 0 aliphatic rings. The standard InChI is InChI=1S/C20H25N3O6/c1-4-10-23-18(21)17(19(26)22(3)20(23)27)14(24)12-29-16(25)9-11-28-15-8-6-5-7-13(15)2/h5-8H,4,9-12,21H2,1-3H3. The van der Waals surface area contributed by atoms with Crippen LogP contribution in [0.25, 0.3) is 0 Å². The normalized spacial score (nSPS) is 10.6.